The quantitative estimate of drug-likeness (QED) is 0.407. The number of hydrazine groups is 1. The summed E-state index contributed by atoms with van der Waals surface area (Å²) in [6.45, 7) is 7.36. The van der Waals surface area contributed by atoms with Gasteiger partial charge in [-0.25, -0.2) is 4.39 Å². The number of benzene rings is 2. The largest absolute Gasteiger partial charge is 0.494 e. The van der Waals surface area contributed by atoms with E-state index in [4.69, 9.17) is 4.74 Å². The first-order valence-electron chi connectivity index (χ1n) is 7.71. The maximum Gasteiger partial charge on any atom is 0.269 e. The van der Waals surface area contributed by atoms with Crippen molar-refractivity contribution in [3.63, 3.8) is 0 Å². The number of hydrogen-bond donors (Lipinski definition) is 2. The Labute approximate surface area is 156 Å². The number of amides is 1. The molecule has 0 atom stereocenters. The number of carbonyl (C=O) groups excluding carboxylic acids is 1. The van der Waals surface area contributed by atoms with Crippen LogP contribution in [0.3, 0.4) is 0 Å². The van der Waals surface area contributed by atoms with E-state index >= 15 is 0 Å². The second-order valence-corrected chi connectivity index (χ2v) is 5.95. The molecule has 0 unspecified atom stereocenters. The molecule has 0 bridgehead atoms. The Morgan fingerprint density at radius 3 is 2.58 bits per heavy atom. The lowest BCUT2D eigenvalue weighted by Gasteiger charge is -2.12. The van der Waals surface area contributed by atoms with Crippen molar-refractivity contribution in [3.8, 4) is 5.75 Å². The van der Waals surface area contributed by atoms with Crippen LogP contribution in [0.5, 0.6) is 5.75 Å². The van der Waals surface area contributed by atoms with Gasteiger partial charge in [0.1, 0.15) is 0 Å². The van der Waals surface area contributed by atoms with Crippen LogP contribution >= 0.6 is 11.9 Å². The van der Waals surface area contributed by atoms with Gasteiger partial charge in [-0.05, 0) is 47.3 Å². The van der Waals surface area contributed by atoms with Crippen molar-refractivity contribution in [1.82, 2.24) is 10.3 Å². The normalized spacial score (nSPS) is 10.9. The van der Waals surface area contributed by atoms with Gasteiger partial charge in [-0.15, -0.1) is 0 Å². The topological polar surface area (TPSA) is 50.4 Å². The molecule has 0 aliphatic carbocycles. The third-order valence-corrected chi connectivity index (χ3v) is 4.14. The van der Waals surface area contributed by atoms with Crippen molar-refractivity contribution < 1.29 is 13.9 Å². The van der Waals surface area contributed by atoms with E-state index in [1.54, 1.807) is 18.2 Å². The Morgan fingerprint density at radius 2 is 1.96 bits per heavy atom. The summed E-state index contributed by atoms with van der Waals surface area (Å²) in [5, 5.41) is 0. The van der Waals surface area contributed by atoms with Gasteiger partial charge < -0.3 is 4.74 Å². The number of methoxy groups -OCH3 is 1. The van der Waals surface area contributed by atoms with Gasteiger partial charge in [0.15, 0.2) is 11.6 Å². The average molecular weight is 370 g/mol. The molecule has 2 N–H and O–H groups in total. The predicted molar refractivity (Wildman–Crippen MR) is 104 cm³/mol. The maximum absolute atomic E-state index is 14.5. The number of rotatable bonds is 8. The molecule has 134 valence electrons. The molecule has 0 radical (unpaired) electrons. The zero-order valence-corrected chi connectivity index (χ0v) is 15.1. The molecule has 0 aromatic heterocycles. The molecule has 2 aromatic carbocycles. The fraction of sp³-hybridized carbons (Fsp3) is 0.0500. The molecule has 0 saturated heterocycles. The van der Waals surface area contributed by atoms with Crippen LogP contribution in [0.1, 0.15) is 15.9 Å². The summed E-state index contributed by atoms with van der Waals surface area (Å²) in [4.78, 5) is 16.0. The van der Waals surface area contributed by atoms with Crippen molar-refractivity contribution in [3.05, 3.63) is 90.8 Å². The monoisotopic (exact) mass is 370 g/mol. The Bertz CT molecular complexity index is 835. The molecule has 1 amide bonds. The minimum atomic E-state index is -0.734. The SMILES string of the molecule is C=C/C=C(\C=C)c1cc(OC)c(F)c(C(=O)NNSc2ccccc2)c1. The van der Waals surface area contributed by atoms with E-state index in [1.165, 1.54) is 31.2 Å². The summed E-state index contributed by atoms with van der Waals surface area (Å²) in [5.41, 5.74) is 3.62. The van der Waals surface area contributed by atoms with Gasteiger partial charge in [0.25, 0.3) is 5.91 Å². The second kappa shape index (κ2) is 9.60. The summed E-state index contributed by atoms with van der Waals surface area (Å²) in [6, 6.07) is 12.4. The highest BCUT2D eigenvalue weighted by Gasteiger charge is 2.18. The van der Waals surface area contributed by atoms with Crippen molar-refractivity contribution in [1.29, 1.82) is 0 Å². The molecule has 0 spiro atoms. The first kappa shape index (κ1) is 19.5. The molecule has 0 aliphatic heterocycles. The minimum absolute atomic E-state index is 0.0276. The first-order valence-corrected chi connectivity index (χ1v) is 8.52. The molecule has 4 nitrogen and oxygen atoms in total. The smallest absolute Gasteiger partial charge is 0.269 e. The maximum atomic E-state index is 14.5. The van der Waals surface area contributed by atoms with Gasteiger partial charge in [-0.3, -0.25) is 10.2 Å². The minimum Gasteiger partial charge on any atom is -0.494 e. The number of nitrogens with one attached hydrogen (secondary N) is 2. The highest BCUT2D eigenvalue weighted by atomic mass is 32.2. The second-order valence-electron chi connectivity index (χ2n) is 5.07. The molecule has 0 saturated carbocycles. The van der Waals surface area contributed by atoms with E-state index in [9.17, 15) is 9.18 Å². The summed E-state index contributed by atoms with van der Waals surface area (Å²) >= 11 is 1.21. The van der Waals surface area contributed by atoms with Crippen molar-refractivity contribution in [2.24, 2.45) is 0 Å². The number of halogens is 1. The third kappa shape index (κ3) is 4.84. The number of allylic oxidation sites excluding steroid dienone is 4. The summed E-state index contributed by atoms with van der Waals surface area (Å²) in [7, 11) is 1.35. The molecular weight excluding hydrogens is 351 g/mol. The molecule has 0 fully saturated rings. The van der Waals surface area contributed by atoms with Gasteiger partial charge >= 0.3 is 0 Å². The number of ether oxygens (including phenoxy) is 1. The van der Waals surface area contributed by atoms with Gasteiger partial charge in [-0.1, -0.05) is 49.6 Å². The van der Waals surface area contributed by atoms with Crippen LogP contribution in [0, 0.1) is 5.82 Å². The molecule has 2 aromatic rings. The lowest BCUT2D eigenvalue weighted by Crippen LogP contribution is -2.33. The molecule has 0 aliphatic rings. The van der Waals surface area contributed by atoms with Gasteiger partial charge in [0, 0.05) is 4.90 Å². The molecule has 0 heterocycles. The van der Waals surface area contributed by atoms with Crippen LogP contribution in [0.4, 0.5) is 4.39 Å². The summed E-state index contributed by atoms with van der Waals surface area (Å²) in [5.74, 6) is -1.38. The zero-order chi connectivity index (χ0) is 18.9. The predicted octanol–water partition coefficient (Wildman–Crippen LogP) is 4.53. The van der Waals surface area contributed by atoms with Crippen molar-refractivity contribution in [2.45, 2.75) is 4.90 Å². The van der Waals surface area contributed by atoms with E-state index in [0.717, 1.165) is 4.90 Å². The van der Waals surface area contributed by atoms with Gasteiger partial charge in [0.2, 0.25) is 0 Å². The zero-order valence-electron chi connectivity index (χ0n) is 14.3. The highest BCUT2D eigenvalue weighted by molar-refractivity contribution is 7.97. The lowest BCUT2D eigenvalue weighted by atomic mass is 10.0. The van der Waals surface area contributed by atoms with Crippen LogP contribution in [-0.2, 0) is 0 Å². The Balaban J connectivity index is 2.23. The summed E-state index contributed by atoms with van der Waals surface area (Å²) < 4.78 is 19.6. The lowest BCUT2D eigenvalue weighted by molar-refractivity contribution is 0.0942. The molecule has 6 heteroatoms. The number of carbonyl (C=O) groups is 1. The fourth-order valence-electron chi connectivity index (χ4n) is 2.17. The fourth-order valence-corrected chi connectivity index (χ4v) is 2.73. The van der Waals surface area contributed by atoms with Crippen LogP contribution in [0.2, 0.25) is 0 Å². The van der Waals surface area contributed by atoms with Gasteiger partial charge in [-0.2, -0.15) is 4.83 Å². The Kier molecular flexibility index (Phi) is 7.20. The highest BCUT2D eigenvalue weighted by Crippen LogP contribution is 2.27. The first-order chi connectivity index (χ1) is 12.6. The molecule has 26 heavy (non-hydrogen) atoms. The Morgan fingerprint density at radius 1 is 1.23 bits per heavy atom. The summed E-state index contributed by atoms with van der Waals surface area (Å²) in [6.07, 6.45) is 4.90. The van der Waals surface area contributed by atoms with E-state index in [1.807, 2.05) is 30.3 Å². The van der Waals surface area contributed by atoms with E-state index in [-0.39, 0.29) is 11.3 Å². The van der Waals surface area contributed by atoms with Crippen LogP contribution < -0.4 is 15.0 Å². The van der Waals surface area contributed by atoms with Crippen LogP contribution in [0.25, 0.3) is 5.57 Å². The van der Waals surface area contributed by atoms with E-state index in [0.29, 0.717) is 11.1 Å². The average Bonchev–Trinajstić information content (AvgIpc) is 2.67. The molecular formula is C20H19FN2O2S. The third-order valence-electron chi connectivity index (χ3n) is 3.43. The van der Waals surface area contributed by atoms with E-state index < -0.39 is 11.7 Å². The standard InChI is InChI=1S/C20H19FN2O2S/c1-4-9-14(5-2)15-12-17(19(21)18(13-15)25-3)20(24)22-23-26-16-10-7-6-8-11-16/h4-13,23H,1-2H2,3H3,(H,22,24)/b14-9+. The van der Waals surface area contributed by atoms with Crippen LogP contribution in [-0.4, -0.2) is 13.0 Å². The Hall–Kier alpha value is -2.83. The van der Waals surface area contributed by atoms with Crippen LogP contribution in [0.15, 0.2) is 78.7 Å². The van der Waals surface area contributed by atoms with Crippen molar-refractivity contribution >= 4 is 23.4 Å². The number of hydrogen-bond acceptors (Lipinski definition) is 4. The van der Waals surface area contributed by atoms with Crippen molar-refractivity contribution in [2.75, 3.05) is 7.11 Å². The van der Waals surface area contributed by atoms with E-state index in [2.05, 4.69) is 23.4 Å². The van der Waals surface area contributed by atoms with Gasteiger partial charge in [0.05, 0.1) is 12.7 Å². The molecule has 2 rings (SSSR count).